The van der Waals surface area contributed by atoms with Crippen LogP contribution in [0.25, 0.3) is 0 Å². The summed E-state index contributed by atoms with van der Waals surface area (Å²) < 4.78 is 0. The van der Waals surface area contributed by atoms with E-state index in [-0.39, 0.29) is 29.0 Å². The van der Waals surface area contributed by atoms with Crippen molar-refractivity contribution in [2.45, 2.75) is 46.1 Å². The second-order valence-electron chi connectivity index (χ2n) is 4.97. The van der Waals surface area contributed by atoms with Crippen LogP contribution in [0.3, 0.4) is 0 Å². The number of unbranched alkanes of at least 4 members (excludes halogenated alkanes) is 2. The molecule has 0 atom stereocenters. The summed E-state index contributed by atoms with van der Waals surface area (Å²) in [5.41, 5.74) is -0.00676. The number of nitrogens with zero attached hydrogens (tertiary/aromatic N) is 1. The van der Waals surface area contributed by atoms with Crippen molar-refractivity contribution in [1.29, 1.82) is 0 Å². The Morgan fingerprint density at radius 2 is 1.79 bits per heavy atom. The average Bonchev–Trinajstić information content (AvgIpc) is 2.33. The molecule has 0 saturated carbocycles. The van der Waals surface area contributed by atoms with Gasteiger partial charge in [-0.15, -0.1) is 0 Å². The van der Waals surface area contributed by atoms with Crippen molar-refractivity contribution >= 4 is 5.91 Å². The maximum absolute atomic E-state index is 12.4. The van der Waals surface area contributed by atoms with Crippen LogP contribution in [0.15, 0.2) is 18.2 Å². The molecule has 1 rings (SSSR count). The lowest BCUT2D eigenvalue weighted by molar-refractivity contribution is 0.0696. The van der Waals surface area contributed by atoms with E-state index in [1.807, 2.05) is 13.8 Å². The van der Waals surface area contributed by atoms with Gasteiger partial charge in [-0.2, -0.15) is 0 Å². The van der Waals surface area contributed by atoms with E-state index in [9.17, 15) is 15.0 Å². The van der Waals surface area contributed by atoms with E-state index in [0.717, 1.165) is 19.3 Å². The second-order valence-corrected chi connectivity index (χ2v) is 4.97. The quantitative estimate of drug-likeness (QED) is 0.777. The van der Waals surface area contributed by atoms with Gasteiger partial charge in [-0.3, -0.25) is 4.79 Å². The lowest BCUT2D eigenvalue weighted by Gasteiger charge is -2.27. The van der Waals surface area contributed by atoms with E-state index in [1.165, 1.54) is 18.2 Å². The first-order valence-corrected chi connectivity index (χ1v) is 6.81. The van der Waals surface area contributed by atoms with Gasteiger partial charge in [-0.25, -0.2) is 0 Å². The van der Waals surface area contributed by atoms with Gasteiger partial charge in [0, 0.05) is 12.6 Å². The van der Waals surface area contributed by atoms with Crippen molar-refractivity contribution < 1.29 is 15.0 Å². The normalized spacial score (nSPS) is 10.7. The number of rotatable bonds is 6. The Bertz CT molecular complexity index is 409. The van der Waals surface area contributed by atoms with Crippen LogP contribution in [0.4, 0.5) is 0 Å². The topological polar surface area (TPSA) is 60.8 Å². The van der Waals surface area contributed by atoms with Gasteiger partial charge in [0.25, 0.3) is 5.91 Å². The lowest BCUT2D eigenvalue weighted by Crippen LogP contribution is -2.37. The molecule has 0 aliphatic rings. The molecule has 0 radical (unpaired) electrons. The summed E-state index contributed by atoms with van der Waals surface area (Å²) >= 11 is 0. The number of phenols is 2. The van der Waals surface area contributed by atoms with Gasteiger partial charge in [-0.1, -0.05) is 25.8 Å². The Balaban J connectivity index is 2.93. The zero-order chi connectivity index (χ0) is 14.4. The summed E-state index contributed by atoms with van der Waals surface area (Å²) in [7, 11) is 0. The smallest absolute Gasteiger partial charge is 0.261 e. The van der Waals surface area contributed by atoms with E-state index in [1.54, 1.807) is 4.90 Å². The number of aromatic hydroxyl groups is 2. The highest BCUT2D eigenvalue weighted by molar-refractivity contribution is 5.99. The SMILES string of the molecule is CCCCCN(C(=O)c1c(O)cccc1O)C(C)C. The van der Waals surface area contributed by atoms with E-state index >= 15 is 0 Å². The van der Waals surface area contributed by atoms with Crippen LogP contribution in [-0.2, 0) is 0 Å². The van der Waals surface area contributed by atoms with Gasteiger partial charge >= 0.3 is 0 Å². The van der Waals surface area contributed by atoms with Gasteiger partial charge in [0.05, 0.1) is 0 Å². The Hall–Kier alpha value is -1.71. The fourth-order valence-electron chi connectivity index (χ4n) is 2.02. The van der Waals surface area contributed by atoms with Crippen molar-refractivity contribution in [1.82, 2.24) is 4.90 Å². The van der Waals surface area contributed by atoms with Gasteiger partial charge in [-0.05, 0) is 32.4 Å². The van der Waals surface area contributed by atoms with Crippen LogP contribution in [-0.4, -0.2) is 33.6 Å². The molecule has 4 heteroatoms. The predicted molar refractivity (Wildman–Crippen MR) is 75.5 cm³/mol. The molecule has 1 amide bonds. The highest BCUT2D eigenvalue weighted by Gasteiger charge is 2.23. The molecule has 2 N–H and O–H groups in total. The first-order valence-electron chi connectivity index (χ1n) is 6.81. The molecule has 1 aromatic carbocycles. The van der Waals surface area contributed by atoms with Crippen LogP contribution in [0.1, 0.15) is 50.4 Å². The fourth-order valence-corrected chi connectivity index (χ4v) is 2.02. The largest absolute Gasteiger partial charge is 0.507 e. The molecule has 0 heterocycles. The summed E-state index contributed by atoms with van der Waals surface area (Å²) in [6.45, 7) is 6.61. The minimum absolute atomic E-state index is 0.00676. The van der Waals surface area contributed by atoms with Crippen molar-refractivity contribution in [3.63, 3.8) is 0 Å². The first-order chi connectivity index (χ1) is 8.99. The first kappa shape index (κ1) is 15.3. The Labute approximate surface area is 114 Å². The van der Waals surface area contributed by atoms with Gasteiger partial charge in [0.2, 0.25) is 0 Å². The van der Waals surface area contributed by atoms with Crippen LogP contribution in [0, 0.1) is 0 Å². The average molecular weight is 265 g/mol. The fraction of sp³-hybridized carbons (Fsp3) is 0.533. The maximum atomic E-state index is 12.4. The highest BCUT2D eigenvalue weighted by Crippen LogP contribution is 2.28. The van der Waals surface area contributed by atoms with Crippen molar-refractivity contribution in [3.05, 3.63) is 23.8 Å². The molecule has 1 aromatic rings. The van der Waals surface area contributed by atoms with Crippen LogP contribution in [0.2, 0.25) is 0 Å². The molecule has 0 fully saturated rings. The Morgan fingerprint density at radius 1 is 1.21 bits per heavy atom. The molecule has 0 saturated heterocycles. The summed E-state index contributed by atoms with van der Waals surface area (Å²) in [6.07, 6.45) is 3.07. The molecule has 0 unspecified atom stereocenters. The Kier molecular flexibility index (Phi) is 5.67. The Morgan fingerprint density at radius 3 is 2.26 bits per heavy atom. The number of carbonyl (C=O) groups is 1. The van der Waals surface area contributed by atoms with Crippen molar-refractivity contribution in [2.24, 2.45) is 0 Å². The highest BCUT2D eigenvalue weighted by atomic mass is 16.3. The third-order valence-corrected chi connectivity index (χ3v) is 3.12. The molecule has 19 heavy (non-hydrogen) atoms. The molecule has 106 valence electrons. The molecule has 0 bridgehead atoms. The molecular formula is C15H23NO3. The molecule has 0 aliphatic carbocycles. The number of hydrogen-bond donors (Lipinski definition) is 2. The monoisotopic (exact) mass is 265 g/mol. The maximum Gasteiger partial charge on any atom is 0.261 e. The summed E-state index contributed by atoms with van der Waals surface area (Å²) in [4.78, 5) is 14.1. The minimum Gasteiger partial charge on any atom is -0.507 e. The van der Waals surface area contributed by atoms with E-state index in [0.29, 0.717) is 6.54 Å². The lowest BCUT2D eigenvalue weighted by atomic mass is 10.1. The van der Waals surface area contributed by atoms with Crippen LogP contribution < -0.4 is 0 Å². The standard InChI is InChI=1S/C15H23NO3/c1-4-5-6-10-16(11(2)3)15(19)14-12(17)8-7-9-13(14)18/h7-9,11,17-18H,4-6,10H2,1-3H3. The number of benzene rings is 1. The van der Waals surface area contributed by atoms with Gasteiger partial charge in [0.15, 0.2) is 0 Å². The van der Waals surface area contributed by atoms with Crippen LogP contribution in [0.5, 0.6) is 11.5 Å². The predicted octanol–water partition coefficient (Wildman–Crippen LogP) is 3.14. The third kappa shape index (κ3) is 3.88. The van der Waals surface area contributed by atoms with Gasteiger partial charge in [0.1, 0.15) is 17.1 Å². The zero-order valence-corrected chi connectivity index (χ0v) is 11.9. The number of phenolic OH excluding ortho intramolecular Hbond substituents is 2. The summed E-state index contributed by atoms with van der Waals surface area (Å²) in [5, 5.41) is 19.5. The number of carbonyl (C=O) groups excluding carboxylic acids is 1. The third-order valence-electron chi connectivity index (χ3n) is 3.12. The summed E-state index contributed by atoms with van der Waals surface area (Å²) in [6, 6.07) is 4.37. The number of amides is 1. The molecule has 0 aromatic heterocycles. The van der Waals surface area contributed by atoms with Crippen molar-refractivity contribution in [2.75, 3.05) is 6.54 Å². The minimum atomic E-state index is -0.318. The van der Waals surface area contributed by atoms with E-state index in [4.69, 9.17) is 0 Å². The molecule has 0 spiro atoms. The van der Waals surface area contributed by atoms with Crippen molar-refractivity contribution in [3.8, 4) is 11.5 Å². The summed E-state index contributed by atoms with van der Waals surface area (Å²) in [5.74, 6) is -0.668. The number of hydrogen-bond acceptors (Lipinski definition) is 3. The molecule has 0 aliphatic heterocycles. The van der Waals surface area contributed by atoms with Crippen LogP contribution >= 0.6 is 0 Å². The second kappa shape index (κ2) is 7.02. The van der Waals surface area contributed by atoms with Gasteiger partial charge < -0.3 is 15.1 Å². The molecule has 4 nitrogen and oxygen atoms in total. The zero-order valence-electron chi connectivity index (χ0n) is 11.9. The van der Waals surface area contributed by atoms with E-state index < -0.39 is 0 Å². The van der Waals surface area contributed by atoms with E-state index in [2.05, 4.69) is 6.92 Å². The molecular weight excluding hydrogens is 242 g/mol.